The van der Waals surface area contributed by atoms with Crippen LogP contribution in [0.1, 0.15) is 54.9 Å². The van der Waals surface area contributed by atoms with Crippen LogP contribution in [-0.2, 0) is 4.74 Å². The Bertz CT molecular complexity index is 173. The van der Waals surface area contributed by atoms with Crippen molar-refractivity contribution in [1.29, 1.82) is 0 Å². The van der Waals surface area contributed by atoms with Gasteiger partial charge in [-0.3, -0.25) is 0 Å². The Kier molecular flexibility index (Phi) is 8.06. The van der Waals surface area contributed by atoms with Crippen molar-refractivity contribution >= 4 is 0 Å². The smallest absolute Gasteiger partial charge is 0.0518 e. The molecule has 0 aromatic carbocycles. The Morgan fingerprint density at radius 2 is 1.65 bits per heavy atom. The van der Waals surface area contributed by atoms with Gasteiger partial charge < -0.3 is 10.1 Å². The Balaban J connectivity index is 4.07. The molecule has 2 heteroatoms. The fourth-order valence-corrected chi connectivity index (χ4v) is 1.76. The van der Waals surface area contributed by atoms with E-state index in [1.807, 2.05) is 0 Å². The lowest BCUT2D eigenvalue weighted by Gasteiger charge is -2.34. The van der Waals surface area contributed by atoms with Gasteiger partial charge in [-0.15, -0.1) is 0 Å². The molecule has 1 unspecified atom stereocenters. The lowest BCUT2D eigenvalue weighted by molar-refractivity contribution is 0.0422. The summed E-state index contributed by atoms with van der Waals surface area (Å²) in [5.41, 5.74) is 0.337. The van der Waals surface area contributed by atoms with Crippen LogP contribution in [0.4, 0.5) is 0 Å². The normalized spacial score (nSPS) is 15.9. The SMILES string of the molecule is CC(C)CNCC(C)(CCOC(C)C)C(C)C. The maximum absolute atomic E-state index is 5.69. The van der Waals surface area contributed by atoms with Gasteiger partial charge in [-0.2, -0.15) is 0 Å². The van der Waals surface area contributed by atoms with Gasteiger partial charge in [0.15, 0.2) is 0 Å². The Morgan fingerprint density at radius 1 is 1.06 bits per heavy atom. The van der Waals surface area contributed by atoms with E-state index in [1.165, 1.54) is 0 Å². The van der Waals surface area contributed by atoms with Crippen molar-refractivity contribution in [1.82, 2.24) is 5.32 Å². The zero-order chi connectivity index (χ0) is 13.5. The van der Waals surface area contributed by atoms with Crippen LogP contribution in [0.3, 0.4) is 0 Å². The zero-order valence-electron chi connectivity index (χ0n) is 13.0. The fraction of sp³-hybridized carbons (Fsp3) is 1.00. The van der Waals surface area contributed by atoms with E-state index < -0.39 is 0 Å². The summed E-state index contributed by atoms with van der Waals surface area (Å²) in [5, 5.41) is 3.59. The highest BCUT2D eigenvalue weighted by Crippen LogP contribution is 2.30. The van der Waals surface area contributed by atoms with Crippen molar-refractivity contribution < 1.29 is 4.74 Å². The van der Waals surface area contributed by atoms with Crippen molar-refractivity contribution in [2.24, 2.45) is 17.3 Å². The number of ether oxygens (including phenoxy) is 1. The summed E-state index contributed by atoms with van der Waals surface area (Å²) in [4.78, 5) is 0. The lowest BCUT2D eigenvalue weighted by atomic mass is 9.76. The molecule has 0 rings (SSSR count). The summed E-state index contributed by atoms with van der Waals surface area (Å²) in [7, 11) is 0. The minimum Gasteiger partial charge on any atom is -0.379 e. The summed E-state index contributed by atoms with van der Waals surface area (Å²) in [6.45, 7) is 18.8. The van der Waals surface area contributed by atoms with Crippen molar-refractivity contribution in [2.45, 2.75) is 61.0 Å². The maximum atomic E-state index is 5.69. The molecule has 0 aromatic rings. The van der Waals surface area contributed by atoms with Gasteiger partial charge in [0.05, 0.1) is 6.10 Å². The van der Waals surface area contributed by atoms with Crippen LogP contribution >= 0.6 is 0 Å². The second-order valence-electron chi connectivity index (χ2n) is 6.50. The topological polar surface area (TPSA) is 21.3 Å². The van der Waals surface area contributed by atoms with Gasteiger partial charge in [-0.1, -0.05) is 34.6 Å². The van der Waals surface area contributed by atoms with Gasteiger partial charge in [0.1, 0.15) is 0 Å². The molecule has 2 nitrogen and oxygen atoms in total. The van der Waals surface area contributed by atoms with Gasteiger partial charge in [-0.25, -0.2) is 0 Å². The van der Waals surface area contributed by atoms with Crippen LogP contribution in [0.5, 0.6) is 0 Å². The first kappa shape index (κ1) is 16.9. The standard InChI is InChI=1S/C15H33NO/c1-12(2)10-16-11-15(7,13(3)4)8-9-17-14(5)6/h12-14,16H,8-11H2,1-7H3. The Labute approximate surface area is 109 Å². The van der Waals surface area contributed by atoms with Crippen LogP contribution in [0.2, 0.25) is 0 Å². The highest BCUT2D eigenvalue weighted by molar-refractivity contribution is 4.80. The molecular formula is C15H33NO. The third kappa shape index (κ3) is 7.77. The molecule has 0 aromatic heterocycles. The van der Waals surface area contributed by atoms with Crippen LogP contribution in [0.15, 0.2) is 0 Å². The molecule has 0 saturated carbocycles. The number of hydrogen-bond donors (Lipinski definition) is 1. The van der Waals surface area contributed by atoms with Crippen molar-refractivity contribution in [2.75, 3.05) is 19.7 Å². The first-order chi connectivity index (χ1) is 7.78. The molecule has 0 heterocycles. The van der Waals surface area contributed by atoms with Crippen LogP contribution in [0, 0.1) is 17.3 Å². The molecule has 0 aliphatic heterocycles. The molecule has 0 spiro atoms. The molecule has 0 fully saturated rings. The molecule has 17 heavy (non-hydrogen) atoms. The highest BCUT2D eigenvalue weighted by Gasteiger charge is 2.27. The lowest BCUT2D eigenvalue weighted by Crippen LogP contribution is -2.38. The van der Waals surface area contributed by atoms with Gasteiger partial charge in [-0.05, 0) is 44.1 Å². The second kappa shape index (κ2) is 8.10. The molecule has 0 bridgehead atoms. The van der Waals surface area contributed by atoms with Crippen LogP contribution in [0.25, 0.3) is 0 Å². The average molecular weight is 243 g/mol. The van der Waals surface area contributed by atoms with Gasteiger partial charge in [0.25, 0.3) is 0 Å². The summed E-state index contributed by atoms with van der Waals surface area (Å²) < 4.78 is 5.69. The molecule has 0 radical (unpaired) electrons. The number of nitrogens with one attached hydrogen (secondary N) is 1. The van der Waals surface area contributed by atoms with Gasteiger partial charge >= 0.3 is 0 Å². The first-order valence-electron chi connectivity index (χ1n) is 7.10. The van der Waals surface area contributed by atoms with Crippen LogP contribution in [-0.4, -0.2) is 25.8 Å². The minimum atomic E-state index is 0.337. The molecule has 1 atom stereocenters. The fourth-order valence-electron chi connectivity index (χ4n) is 1.76. The van der Waals surface area contributed by atoms with Gasteiger partial charge in [0, 0.05) is 13.2 Å². The summed E-state index contributed by atoms with van der Waals surface area (Å²) in [6.07, 6.45) is 1.48. The van der Waals surface area contributed by atoms with Crippen LogP contribution < -0.4 is 5.32 Å². The van der Waals surface area contributed by atoms with Crippen molar-refractivity contribution in [3.05, 3.63) is 0 Å². The molecule has 1 N–H and O–H groups in total. The van der Waals surface area contributed by atoms with E-state index in [0.717, 1.165) is 32.0 Å². The van der Waals surface area contributed by atoms with E-state index >= 15 is 0 Å². The summed E-state index contributed by atoms with van der Waals surface area (Å²) >= 11 is 0. The monoisotopic (exact) mass is 243 g/mol. The quantitative estimate of drug-likeness (QED) is 0.666. The zero-order valence-corrected chi connectivity index (χ0v) is 13.0. The Morgan fingerprint density at radius 3 is 2.06 bits per heavy atom. The first-order valence-corrected chi connectivity index (χ1v) is 7.10. The largest absolute Gasteiger partial charge is 0.379 e. The van der Waals surface area contributed by atoms with Crippen molar-refractivity contribution in [3.63, 3.8) is 0 Å². The van der Waals surface area contributed by atoms with E-state index in [2.05, 4.69) is 53.8 Å². The third-order valence-electron chi connectivity index (χ3n) is 3.60. The summed E-state index contributed by atoms with van der Waals surface area (Å²) in [5.74, 6) is 1.40. The molecule has 0 aliphatic rings. The van der Waals surface area contributed by atoms with E-state index in [4.69, 9.17) is 4.74 Å². The number of rotatable bonds is 9. The van der Waals surface area contributed by atoms with Gasteiger partial charge in [0.2, 0.25) is 0 Å². The maximum Gasteiger partial charge on any atom is 0.0518 e. The molecule has 0 amide bonds. The Hall–Kier alpha value is -0.0800. The molecule has 104 valence electrons. The van der Waals surface area contributed by atoms with E-state index in [-0.39, 0.29) is 0 Å². The molecule has 0 saturated heterocycles. The number of hydrogen-bond acceptors (Lipinski definition) is 2. The second-order valence-corrected chi connectivity index (χ2v) is 6.50. The predicted octanol–water partition coefficient (Wildman–Crippen LogP) is 3.71. The summed E-state index contributed by atoms with van der Waals surface area (Å²) in [6, 6.07) is 0. The van der Waals surface area contributed by atoms with E-state index in [9.17, 15) is 0 Å². The average Bonchev–Trinajstić information content (AvgIpc) is 2.16. The van der Waals surface area contributed by atoms with E-state index in [0.29, 0.717) is 17.4 Å². The minimum absolute atomic E-state index is 0.337. The van der Waals surface area contributed by atoms with E-state index in [1.54, 1.807) is 0 Å². The highest BCUT2D eigenvalue weighted by atomic mass is 16.5. The predicted molar refractivity (Wildman–Crippen MR) is 76.4 cm³/mol. The molecule has 0 aliphatic carbocycles. The van der Waals surface area contributed by atoms with Crippen molar-refractivity contribution in [3.8, 4) is 0 Å². The molecular weight excluding hydrogens is 210 g/mol. The third-order valence-corrected chi connectivity index (χ3v) is 3.60.